The molecule has 0 saturated heterocycles. The third-order valence-corrected chi connectivity index (χ3v) is 4.99. The normalized spacial score (nSPS) is 20.4. The van der Waals surface area contributed by atoms with Crippen LogP contribution < -0.4 is 5.32 Å². The summed E-state index contributed by atoms with van der Waals surface area (Å²) in [5.74, 6) is -2.52. The van der Waals surface area contributed by atoms with Crippen LogP contribution in [0.4, 0.5) is 13.2 Å². The van der Waals surface area contributed by atoms with Gasteiger partial charge >= 0.3 is 0 Å². The monoisotopic (exact) mass is 363 g/mol. The van der Waals surface area contributed by atoms with Crippen molar-refractivity contribution in [3.8, 4) is 0 Å². The number of alkyl halides is 2. The van der Waals surface area contributed by atoms with Crippen molar-refractivity contribution in [2.75, 3.05) is 6.54 Å². The van der Waals surface area contributed by atoms with Gasteiger partial charge in [-0.2, -0.15) is 0 Å². The van der Waals surface area contributed by atoms with Crippen LogP contribution in [0.1, 0.15) is 38.2 Å². The lowest BCUT2D eigenvalue weighted by atomic mass is 9.80. The Morgan fingerprint density at radius 3 is 2.57 bits per heavy atom. The van der Waals surface area contributed by atoms with E-state index in [4.69, 9.17) is 0 Å². The van der Waals surface area contributed by atoms with Gasteiger partial charge in [0.05, 0.1) is 0 Å². The fraction of sp³-hybridized carbons (Fsp3) is 0.625. The van der Waals surface area contributed by atoms with Crippen molar-refractivity contribution in [2.24, 2.45) is 5.92 Å². The average molecular weight is 364 g/mol. The first kappa shape index (κ1) is 16.8. The number of halogens is 4. The highest BCUT2D eigenvalue weighted by Crippen LogP contribution is 2.38. The zero-order valence-corrected chi connectivity index (χ0v) is 13.7. The summed E-state index contributed by atoms with van der Waals surface area (Å²) < 4.78 is 40.5. The van der Waals surface area contributed by atoms with E-state index in [2.05, 4.69) is 21.2 Å². The third kappa shape index (κ3) is 4.71. The molecule has 118 valence electrons. The van der Waals surface area contributed by atoms with Gasteiger partial charge in [0.15, 0.2) is 0 Å². The smallest absolute Gasteiger partial charge is 0.248 e. The first-order chi connectivity index (χ1) is 9.91. The summed E-state index contributed by atoms with van der Waals surface area (Å²) in [6.45, 7) is 2.82. The van der Waals surface area contributed by atoms with Gasteiger partial charge in [0.1, 0.15) is 5.82 Å². The second-order valence-electron chi connectivity index (χ2n) is 5.80. The van der Waals surface area contributed by atoms with Gasteiger partial charge < -0.3 is 5.32 Å². The van der Waals surface area contributed by atoms with Crippen molar-refractivity contribution < 1.29 is 13.2 Å². The van der Waals surface area contributed by atoms with Crippen molar-refractivity contribution in [3.05, 3.63) is 34.1 Å². The van der Waals surface area contributed by atoms with Gasteiger partial charge in [-0.3, -0.25) is 0 Å². The number of likely N-dealkylation sites (N-methyl/N-ethyl adjacent to an activating group) is 1. The topological polar surface area (TPSA) is 12.0 Å². The van der Waals surface area contributed by atoms with Gasteiger partial charge in [-0.15, -0.1) is 0 Å². The second-order valence-corrected chi connectivity index (χ2v) is 6.65. The molecule has 1 N–H and O–H groups in total. The first-order valence-electron chi connectivity index (χ1n) is 7.46. The van der Waals surface area contributed by atoms with Gasteiger partial charge in [-0.1, -0.05) is 28.9 Å². The van der Waals surface area contributed by atoms with E-state index >= 15 is 0 Å². The molecule has 1 atom stereocenters. The molecule has 0 radical (unpaired) electrons. The Morgan fingerprint density at radius 2 is 2.00 bits per heavy atom. The summed E-state index contributed by atoms with van der Waals surface area (Å²) in [7, 11) is 0. The van der Waals surface area contributed by atoms with Crippen LogP contribution in [-0.2, 0) is 6.42 Å². The highest BCUT2D eigenvalue weighted by Gasteiger charge is 2.37. The fourth-order valence-electron chi connectivity index (χ4n) is 3.06. The number of hydrogen-bond acceptors (Lipinski definition) is 1. The highest BCUT2D eigenvalue weighted by atomic mass is 79.9. The van der Waals surface area contributed by atoms with Crippen molar-refractivity contribution in [1.82, 2.24) is 5.32 Å². The highest BCUT2D eigenvalue weighted by molar-refractivity contribution is 9.10. The van der Waals surface area contributed by atoms with Gasteiger partial charge in [0, 0.05) is 23.4 Å². The SMILES string of the molecule is CCNC(Cc1ccc(F)cc1Br)C1CCC(F)(F)CC1. The van der Waals surface area contributed by atoms with Crippen LogP contribution in [0.2, 0.25) is 0 Å². The van der Waals surface area contributed by atoms with E-state index in [-0.39, 0.29) is 30.6 Å². The molecule has 0 spiro atoms. The maximum Gasteiger partial charge on any atom is 0.248 e. The molecule has 1 saturated carbocycles. The minimum absolute atomic E-state index is 0.0237. The van der Waals surface area contributed by atoms with E-state index in [1.165, 1.54) is 12.1 Å². The van der Waals surface area contributed by atoms with Crippen molar-refractivity contribution >= 4 is 15.9 Å². The fourth-order valence-corrected chi connectivity index (χ4v) is 3.57. The van der Waals surface area contributed by atoms with Crippen LogP contribution in [0.15, 0.2) is 22.7 Å². The predicted octanol–water partition coefficient (Wildman–Crippen LogP) is 4.93. The Hall–Kier alpha value is -0.550. The van der Waals surface area contributed by atoms with E-state index in [9.17, 15) is 13.2 Å². The Balaban J connectivity index is 2.05. The molecule has 0 heterocycles. The zero-order valence-electron chi connectivity index (χ0n) is 12.1. The zero-order chi connectivity index (χ0) is 15.5. The number of rotatable bonds is 5. The van der Waals surface area contributed by atoms with Crippen LogP contribution in [0.5, 0.6) is 0 Å². The number of nitrogens with one attached hydrogen (secondary N) is 1. The van der Waals surface area contributed by atoms with Gasteiger partial charge in [0.25, 0.3) is 0 Å². The Kier molecular flexibility index (Phi) is 5.72. The first-order valence-corrected chi connectivity index (χ1v) is 8.26. The van der Waals surface area contributed by atoms with Crippen LogP contribution >= 0.6 is 15.9 Å². The lowest BCUT2D eigenvalue weighted by molar-refractivity contribution is -0.0494. The van der Waals surface area contributed by atoms with Gasteiger partial charge in [-0.05, 0) is 49.4 Å². The van der Waals surface area contributed by atoms with E-state index < -0.39 is 5.92 Å². The molecule has 1 aromatic rings. The summed E-state index contributed by atoms with van der Waals surface area (Å²) in [5, 5.41) is 3.41. The molecule has 2 rings (SSSR count). The molecule has 1 unspecified atom stereocenters. The Labute approximate surface area is 132 Å². The van der Waals surface area contributed by atoms with E-state index in [1.807, 2.05) is 6.92 Å². The van der Waals surface area contributed by atoms with Crippen LogP contribution in [-0.4, -0.2) is 18.5 Å². The standard InChI is InChI=1S/C16H21BrF3N/c1-2-21-15(11-5-7-16(19,20)8-6-11)9-12-3-4-13(18)10-14(12)17/h3-4,10-11,15,21H,2,5-9H2,1H3. The van der Waals surface area contributed by atoms with Crippen molar-refractivity contribution in [1.29, 1.82) is 0 Å². The average Bonchev–Trinajstić information content (AvgIpc) is 2.41. The van der Waals surface area contributed by atoms with Crippen molar-refractivity contribution in [2.45, 2.75) is 51.0 Å². The maximum absolute atomic E-state index is 13.3. The summed E-state index contributed by atoms with van der Waals surface area (Å²) in [4.78, 5) is 0. The lowest BCUT2D eigenvalue weighted by Gasteiger charge is -2.34. The minimum Gasteiger partial charge on any atom is -0.314 e. The molecule has 1 aliphatic carbocycles. The lowest BCUT2D eigenvalue weighted by Crippen LogP contribution is -2.41. The van der Waals surface area contributed by atoms with Crippen LogP contribution in [0.25, 0.3) is 0 Å². The van der Waals surface area contributed by atoms with E-state index in [0.717, 1.165) is 23.0 Å². The molecule has 0 amide bonds. The maximum atomic E-state index is 13.3. The minimum atomic E-state index is -2.50. The Bertz CT molecular complexity index is 469. The quantitative estimate of drug-likeness (QED) is 0.781. The van der Waals surface area contributed by atoms with Crippen LogP contribution in [0.3, 0.4) is 0 Å². The molecule has 1 aromatic carbocycles. The van der Waals surface area contributed by atoms with Crippen molar-refractivity contribution in [3.63, 3.8) is 0 Å². The van der Waals surface area contributed by atoms with Crippen LogP contribution in [0, 0.1) is 11.7 Å². The molecule has 0 aromatic heterocycles. The van der Waals surface area contributed by atoms with Gasteiger partial charge in [0.2, 0.25) is 5.92 Å². The number of hydrogen-bond donors (Lipinski definition) is 1. The molecule has 0 bridgehead atoms. The molecule has 1 fully saturated rings. The summed E-state index contributed by atoms with van der Waals surface area (Å²) in [5.41, 5.74) is 1.01. The van der Waals surface area contributed by atoms with Gasteiger partial charge in [-0.25, -0.2) is 13.2 Å². The van der Waals surface area contributed by atoms with E-state index in [1.54, 1.807) is 6.07 Å². The molecular formula is C16H21BrF3N. The summed E-state index contributed by atoms with van der Waals surface area (Å²) in [6, 6.07) is 4.82. The molecule has 21 heavy (non-hydrogen) atoms. The third-order valence-electron chi connectivity index (χ3n) is 4.25. The molecule has 1 aliphatic rings. The predicted molar refractivity (Wildman–Crippen MR) is 82.2 cm³/mol. The van der Waals surface area contributed by atoms with E-state index in [0.29, 0.717) is 12.8 Å². The largest absolute Gasteiger partial charge is 0.314 e. The molecule has 0 aliphatic heterocycles. The second kappa shape index (κ2) is 7.14. The number of benzene rings is 1. The summed E-state index contributed by atoms with van der Waals surface area (Å²) >= 11 is 3.38. The molecule has 5 heteroatoms. The summed E-state index contributed by atoms with van der Waals surface area (Å²) in [6.07, 6.45) is 1.77. The Morgan fingerprint density at radius 1 is 1.33 bits per heavy atom. The molecular weight excluding hydrogens is 343 g/mol. The molecule has 1 nitrogen and oxygen atoms in total.